The Kier molecular flexibility index (Phi) is 5.86. The highest BCUT2D eigenvalue weighted by atomic mass is 19.1. The van der Waals surface area contributed by atoms with Crippen molar-refractivity contribution >= 4 is 11.6 Å². The average Bonchev–Trinajstić information content (AvgIpc) is 3.21. The van der Waals surface area contributed by atoms with Gasteiger partial charge in [-0.05, 0) is 79.4 Å². The lowest BCUT2D eigenvalue weighted by Crippen LogP contribution is -2.35. The van der Waals surface area contributed by atoms with Crippen molar-refractivity contribution < 1.29 is 13.9 Å². The minimum absolute atomic E-state index is 0.0206. The summed E-state index contributed by atoms with van der Waals surface area (Å²) in [6, 6.07) is 23.2. The summed E-state index contributed by atoms with van der Waals surface area (Å²) in [5.74, 6) is 1.31. The van der Waals surface area contributed by atoms with Crippen LogP contribution in [0.1, 0.15) is 12.0 Å². The van der Waals surface area contributed by atoms with Gasteiger partial charge in [-0.1, -0.05) is 30.3 Å². The lowest BCUT2D eigenvalue weighted by atomic mass is 9.96. The van der Waals surface area contributed by atoms with Crippen molar-refractivity contribution in [1.82, 2.24) is 5.32 Å². The fraction of sp³-hybridized carbons (Fsp3) is 0.208. The van der Waals surface area contributed by atoms with E-state index in [4.69, 9.17) is 4.74 Å². The van der Waals surface area contributed by atoms with E-state index in [1.165, 1.54) is 17.7 Å². The third-order valence-corrected chi connectivity index (χ3v) is 5.08. The van der Waals surface area contributed by atoms with Gasteiger partial charge >= 0.3 is 0 Å². The number of anilines is 1. The van der Waals surface area contributed by atoms with Crippen LogP contribution < -0.4 is 15.4 Å². The molecule has 0 aliphatic carbocycles. The van der Waals surface area contributed by atoms with Gasteiger partial charge in [0.05, 0.1) is 6.04 Å². The molecule has 1 fully saturated rings. The van der Waals surface area contributed by atoms with Crippen LogP contribution in [-0.4, -0.2) is 18.5 Å². The van der Waals surface area contributed by atoms with E-state index in [-0.39, 0.29) is 17.8 Å². The second-order valence-corrected chi connectivity index (χ2v) is 7.32. The summed E-state index contributed by atoms with van der Waals surface area (Å²) in [6.45, 7) is 0.845. The van der Waals surface area contributed by atoms with Gasteiger partial charge in [0.2, 0.25) is 5.91 Å². The normalized spacial score (nSPS) is 18.4. The van der Waals surface area contributed by atoms with Gasteiger partial charge in [-0.25, -0.2) is 4.39 Å². The fourth-order valence-electron chi connectivity index (χ4n) is 3.59. The number of halogens is 1. The minimum Gasteiger partial charge on any atom is -0.457 e. The van der Waals surface area contributed by atoms with Crippen molar-refractivity contribution in [3.63, 3.8) is 0 Å². The molecule has 1 amide bonds. The maximum atomic E-state index is 13.0. The first kappa shape index (κ1) is 19.2. The molecule has 0 aromatic heterocycles. The lowest BCUT2D eigenvalue weighted by Gasteiger charge is -2.12. The van der Waals surface area contributed by atoms with E-state index in [1.807, 2.05) is 18.2 Å². The van der Waals surface area contributed by atoms with Crippen LogP contribution in [0, 0.1) is 11.7 Å². The molecule has 29 heavy (non-hydrogen) atoms. The molecule has 1 saturated heterocycles. The summed E-state index contributed by atoms with van der Waals surface area (Å²) in [6.07, 6.45) is 1.81. The number of ether oxygens (including phenoxy) is 1. The van der Waals surface area contributed by atoms with Gasteiger partial charge in [0.15, 0.2) is 0 Å². The molecule has 0 unspecified atom stereocenters. The third kappa shape index (κ3) is 5.21. The molecule has 2 atom stereocenters. The van der Waals surface area contributed by atoms with Crippen LogP contribution in [0.25, 0.3) is 0 Å². The van der Waals surface area contributed by atoms with Gasteiger partial charge in [-0.2, -0.15) is 0 Å². The highest BCUT2D eigenvalue weighted by Crippen LogP contribution is 2.24. The van der Waals surface area contributed by atoms with E-state index in [2.05, 4.69) is 22.8 Å². The molecule has 1 aliphatic heterocycles. The first-order chi connectivity index (χ1) is 14.2. The molecule has 0 bridgehead atoms. The van der Waals surface area contributed by atoms with Crippen molar-refractivity contribution in [3.05, 3.63) is 90.2 Å². The number of carbonyl (C=O) groups excluding carboxylic acids is 1. The van der Waals surface area contributed by atoms with Crippen LogP contribution in [0.4, 0.5) is 10.1 Å². The monoisotopic (exact) mass is 390 g/mol. The Morgan fingerprint density at radius 3 is 2.31 bits per heavy atom. The van der Waals surface area contributed by atoms with E-state index in [0.717, 1.165) is 25.1 Å². The summed E-state index contributed by atoms with van der Waals surface area (Å²) in [5.41, 5.74) is 2.02. The second-order valence-electron chi connectivity index (χ2n) is 7.32. The zero-order chi connectivity index (χ0) is 20.1. The molecule has 1 aliphatic rings. The number of carbonyl (C=O) groups is 1. The first-order valence-electron chi connectivity index (χ1n) is 9.77. The topological polar surface area (TPSA) is 50.4 Å². The molecule has 4 rings (SSSR count). The lowest BCUT2D eigenvalue weighted by molar-refractivity contribution is -0.117. The zero-order valence-corrected chi connectivity index (χ0v) is 16.0. The van der Waals surface area contributed by atoms with E-state index in [9.17, 15) is 9.18 Å². The molecule has 148 valence electrons. The first-order valence-corrected chi connectivity index (χ1v) is 9.77. The fourth-order valence-corrected chi connectivity index (χ4v) is 3.59. The molecule has 0 saturated carbocycles. The van der Waals surface area contributed by atoms with E-state index >= 15 is 0 Å². The van der Waals surface area contributed by atoms with Crippen molar-refractivity contribution in [1.29, 1.82) is 0 Å². The van der Waals surface area contributed by atoms with Crippen molar-refractivity contribution in [2.45, 2.75) is 18.9 Å². The van der Waals surface area contributed by atoms with Gasteiger partial charge in [0.25, 0.3) is 0 Å². The molecule has 4 nitrogen and oxygen atoms in total. The molecule has 3 aromatic carbocycles. The van der Waals surface area contributed by atoms with Crippen molar-refractivity contribution in [3.8, 4) is 11.5 Å². The van der Waals surface area contributed by atoms with Crippen LogP contribution in [-0.2, 0) is 11.2 Å². The standard InChI is InChI=1S/C24H23FN2O2/c25-19-6-10-21(11-7-19)29-22-12-8-20(9-13-22)27-24(28)23-15-18(16-26-23)14-17-4-2-1-3-5-17/h1-13,18,23,26H,14-16H2,(H,27,28)/t18-,23+/m1/s1. The number of amides is 1. The Labute approximate surface area is 169 Å². The van der Waals surface area contributed by atoms with E-state index in [0.29, 0.717) is 17.4 Å². The maximum absolute atomic E-state index is 13.0. The Morgan fingerprint density at radius 2 is 1.62 bits per heavy atom. The van der Waals surface area contributed by atoms with Gasteiger partial charge in [0.1, 0.15) is 17.3 Å². The number of rotatable bonds is 6. The number of benzene rings is 3. The highest BCUT2D eigenvalue weighted by molar-refractivity contribution is 5.95. The maximum Gasteiger partial charge on any atom is 0.241 e. The Morgan fingerprint density at radius 1 is 0.966 bits per heavy atom. The molecular weight excluding hydrogens is 367 g/mol. The summed E-state index contributed by atoms with van der Waals surface area (Å²) >= 11 is 0. The molecule has 1 heterocycles. The number of hydrogen-bond acceptors (Lipinski definition) is 3. The predicted octanol–water partition coefficient (Wildman–Crippen LogP) is 4.78. The summed E-state index contributed by atoms with van der Waals surface area (Å²) in [4.78, 5) is 12.6. The van der Waals surface area contributed by atoms with Crippen molar-refractivity contribution in [2.24, 2.45) is 5.92 Å². The summed E-state index contributed by atoms with van der Waals surface area (Å²) in [7, 11) is 0. The van der Waals surface area contributed by atoms with Crippen LogP contribution in [0.5, 0.6) is 11.5 Å². The largest absolute Gasteiger partial charge is 0.457 e. The molecule has 5 heteroatoms. The molecule has 2 N–H and O–H groups in total. The molecule has 0 spiro atoms. The van der Waals surface area contributed by atoms with Crippen LogP contribution in [0.2, 0.25) is 0 Å². The van der Waals surface area contributed by atoms with E-state index < -0.39 is 0 Å². The Balaban J connectivity index is 1.29. The second kappa shape index (κ2) is 8.88. The summed E-state index contributed by atoms with van der Waals surface area (Å²) < 4.78 is 18.6. The smallest absolute Gasteiger partial charge is 0.241 e. The third-order valence-electron chi connectivity index (χ3n) is 5.08. The SMILES string of the molecule is O=C(Nc1ccc(Oc2ccc(F)cc2)cc1)[C@@H]1C[C@@H](Cc2ccccc2)CN1. The van der Waals surface area contributed by atoms with Gasteiger partial charge < -0.3 is 15.4 Å². The quantitative estimate of drug-likeness (QED) is 0.637. The molecular formula is C24H23FN2O2. The van der Waals surface area contributed by atoms with E-state index in [1.54, 1.807) is 36.4 Å². The van der Waals surface area contributed by atoms with Crippen LogP contribution in [0.3, 0.4) is 0 Å². The Hall–Kier alpha value is -3.18. The predicted molar refractivity (Wildman–Crippen MR) is 112 cm³/mol. The van der Waals surface area contributed by atoms with Crippen molar-refractivity contribution in [2.75, 3.05) is 11.9 Å². The summed E-state index contributed by atoms with van der Waals surface area (Å²) in [5, 5.41) is 6.29. The zero-order valence-electron chi connectivity index (χ0n) is 16.0. The van der Waals surface area contributed by atoms with Gasteiger partial charge in [0, 0.05) is 5.69 Å². The number of hydrogen-bond donors (Lipinski definition) is 2. The molecule has 3 aromatic rings. The molecule has 0 radical (unpaired) electrons. The average molecular weight is 390 g/mol. The highest BCUT2D eigenvalue weighted by Gasteiger charge is 2.29. The van der Waals surface area contributed by atoms with Gasteiger partial charge in [-0.15, -0.1) is 0 Å². The van der Waals surface area contributed by atoms with Gasteiger partial charge in [-0.3, -0.25) is 4.79 Å². The number of nitrogens with one attached hydrogen (secondary N) is 2. The van der Waals surface area contributed by atoms with Crippen LogP contribution >= 0.6 is 0 Å². The van der Waals surface area contributed by atoms with Crippen LogP contribution in [0.15, 0.2) is 78.9 Å². The Bertz CT molecular complexity index is 943. The minimum atomic E-state index is -0.304.